The molecule has 0 saturated carbocycles. The van der Waals surface area contributed by atoms with Crippen molar-refractivity contribution in [3.05, 3.63) is 108 Å². The monoisotopic (exact) mass is 788 g/mol. The van der Waals surface area contributed by atoms with Gasteiger partial charge in [0.1, 0.15) is 0 Å². The molecule has 3 aliphatic rings. The summed E-state index contributed by atoms with van der Waals surface area (Å²) in [6, 6.07) is 29.8. The lowest BCUT2D eigenvalue weighted by molar-refractivity contribution is -0.381. The third-order valence-corrected chi connectivity index (χ3v) is 16.4. The number of carbonyl (C=O) groups is 3. The Balaban J connectivity index is 1.39. The van der Waals surface area contributed by atoms with E-state index in [9.17, 15) is 14.4 Å². The van der Waals surface area contributed by atoms with E-state index in [1.165, 1.54) is 19.8 Å². The molecule has 6 rings (SSSR count). The third-order valence-electron chi connectivity index (χ3n) is 12.0. The molecule has 0 spiro atoms. The van der Waals surface area contributed by atoms with Crippen LogP contribution in [-0.4, -0.2) is 81.8 Å². The van der Waals surface area contributed by atoms with E-state index in [0.29, 0.717) is 19.4 Å². The highest BCUT2D eigenvalue weighted by atomic mass is 28.4. The number of esters is 3. The standard InChI is InChI=1S/C44H56O11Si/c1-30(27-31-19-12-9-13-20-31)34(50-28-32-21-14-10-15-22-32)25-18-26-42-35(51-29-33-23-16-11-17-24-33)36-43(54-42,39(46)48-5)44(40(47)49-6,37(53-42)38(45)52-36)55-56(7,8)41(2,3)4/h9-17,19-24,30,34-37H,18,25-29H2,1-8H3/t30-,34-,35-,36+,37+,42+,43?,44-/m1/s1. The first-order chi connectivity index (χ1) is 26.6. The van der Waals surface area contributed by atoms with Gasteiger partial charge in [0.2, 0.25) is 23.1 Å². The molecule has 0 aliphatic carbocycles. The van der Waals surface area contributed by atoms with E-state index in [1.807, 2.05) is 113 Å². The Kier molecular flexibility index (Phi) is 12.3. The summed E-state index contributed by atoms with van der Waals surface area (Å²) in [6.07, 6.45) is -2.56. The molecule has 0 aromatic heterocycles. The summed E-state index contributed by atoms with van der Waals surface area (Å²) < 4.78 is 50.8. The van der Waals surface area contributed by atoms with Gasteiger partial charge in [0.15, 0.2) is 20.5 Å². The normalized spacial score (nSPS) is 28.0. The molecular weight excluding hydrogens is 733 g/mol. The number of carbonyl (C=O) groups excluding carboxylic acids is 3. The van der Waals surface area contributed by atoms with Gasteiger partial charge in [0.25, 0.3) is 0 Å². The van der Waals surface area contributed by atoms with Crippen molar-refractivity contribution in [3.8, 4) is 0 Å². The number of methoxy groups -OCH3 is 2. The fraction of sp³-hybridized carbons (Fsp3) is 0.523. The van der Waals surface area contributed by atoms with Crippen LogP contribution in [0.25, 0.3) is 0 Å². The summed E-state index contributed by atoms with van der Waals surface area (Å²) in [4.78, 5) is 43.1. The maximum absolute atomic E-state index is 14.5. The average molecular weight is 789 g/mol. The van der Waals surface area contributed by atoms with E-state index in [4.69, 9.17) is 37.6 Å². The second-order valence-electron chi connectivity index (χ2n) is 16.7. The van der Waals surface area contributed by atoms with Crippen LogP contribution in [-0.2, 0) is 71.6 Å². The Morgan fingerprint density at radius 1 is 0.821 bits per heavy atom. The van der Waals surface area contributed by atoms with Gasteiger partial charge in [0.05, 0.1) is 33.5 Å². The Morgan fingerprint density at radius 3 is 1.93 bits per heavy atom. The molecule has 3 aliphatic heterocycles. The van der Waals surface area contributed by atoms with E-state index < -0.39 is 66.6 Å². The van der Waals surface area contributed by atoms with Gasteiger partial charge < -0.3 is 37.6 Å². The molecule has 3 fully saturated rings. The van der Waals surface area contributed by atoms with E-state index in [-0.39, 0.29) is 25.0 Å². The highest BCUT2D eigenvalue weighted by Crippen LogP contribution is 2.62. The first kappa shape index (κ1) is 41.7. The predicted octanol–water partition coefficient (Wildman–Crippen LogP) is 7.10. The lowest BCUT2D eigenvalue weighted by atomic mass is 9.72. The zero-order valence-corrected chi connectivity index (χ0v) is 34.8. The molecule has 11 nitrogen and oxygen atoms in total. The van der Waals surface area contributed by atoms with Crippen LogP contribution >= 0.6 is 0 Å². The number of ether oxygens (including phenoxy) is 7. The van der Waals surface area contributed by atoms with Crippen LogP contribution in [0.1, 0.15) is 63.6 Å². The first-order valence-corrected chi connectivity index (χ1v) is 22.4. The van der Waals surface area contributed by atoms with Gasteiger partial charge in [-0.15, -0.1) is 0 Å². The minimum atomic E-state index is -3.03. The fourth-order valence-corrected chi connectivity index (χ4v) is 9.49. The number of rotatable bonds is 17. The zero-order chi connectivity index (χ0) is 40.4. The number of hydrogen-bond acceptors (Lipinski definition) is 11. The fourth-order valence-electron chi connectivity index (χ4n) is 8.04. The summed E-state index contributed by atoms with van der Waals surface area (Å²) in [5.74, 6) is -4.44. The smallest absolute Gasteiger partial charge is 0.346 e. The first-order valence-electron chi connectivity index (χ1n) is 19.4. The molecule has 1 unspecified atom stereocenters. The molecule has 0 amide bonds. The largest absolute Gasteiger partial charge is 0.467 e. The summed E-state index contributed by atoms with van der Waals surface area (Å²) in [5.41, 5.74) is -1.64. The van der Waals surface area contributed by atoms with Crippen molar-refractivity contribution in [3.63, 3.8) is 0 Å². The Morgan fingerprint density at radius 2 is 1.38 bits per heavy atom. The second-order valence-corrected chi connectivity index (χ2v) is 21.4. The van der Waals surface area contributed by atoms with Crippen molar-refractivity contribution in [2.45, 2.75) is 126 Å². The number of hydrogen-bond donors (Lipinski definition) is 0. The maximum Gasteiger partial charge on any atom is 0.346 e. The number of fused-ring (bicyclic) bond motifs is 2. The van der Waals surface area contributed by atoms with E-state index in [2.05, 4.69) is 19.1 Å². The van der Waals surface area contributed by atoms with E-state index >= 15 is 0 Å². The molecule has 12 heteroatoms. The zero-order valence-electron chi connectivity index (χ0n) is 33.8. The van der Waals surface area contributed by atoms with Crippen molar-refractivity contribution in [1.82, 2.24) is 0 Å². The summed E-state index contributed by atoms with van der Waals surface area (Å²) in [6.45, 7) is 12.4. The maximum atomic E-state index is 14.5. The molecule has 3 aromatic carbocycles. The lowest BCUT2D eigenvalue weighted by Crippen LogP contribution is -2.83. The van der Waals surface area contributed by atoms with E-state index in [0.717, 1.165) is 17.5 Å². The molecule has 302 valence electrons. The quantitative estimate of drug-likeness (QED) is 0.0790. The highest BCUT2D eigenvalue weighted by molar-refractivity contribution is 6.74. The van der Waals surface area contributed by atoms with Crippen LogP contribution < -0.4 is 0 Å². The van der Waals surface area contributed by atoms with Gasteiger partial charge in [-0.05, 0) is 60.0 Å². The van der Waals surface area contributed by atoms with Crippen LogP contribution in [0.5, 0.6) is 0 Å². The van der Waals surface area contributed by atoms with Gasteiger partial charge >= 0.3 is 17.9 Å². The molecular formula is C44H56O11Si. The Hall–Kier alpha value is -3.91. The van der Waals surface area contributed by atoms with Crippen molar-refractivity contribution in [1.29, 1.82) is 0 Å². The van der Waals surface area contributed by atoms with Crippen LogP contribution in [0.2, 0.25) is 18.1 Å². The number of benzene rings is 3. The van der Waals surface area contributed by atoms with E-state index in [1.54, 1.807) is 0 Å². The molecule has 3 saturated heterocycles. The minimum Gasteiger partial charge on any atom is -0.467 e. The van der Waals surface area contributed by atoms with Gasteiger partial charge in [-0.1, -0.05) is 119 Å². The summed E-state index contributed by atoms with van der Waals surface area (Å²) >= 11 is 0. The Labute approximate surface area is 331 Å². The second kappa shape index (κ2) is 16.5. The molecule has 0 radical (unpaired) electrons. The summed E-state index contributed by atoms with van der Waals surface area (Å²) in [5, 5.41) is -0.476. The van der Waals surface area contributed by atoms with Gasteiger partial charge in [-0.2, -0.15) is 0 Å². The minimum absolute atomic E-state index is 0.0706. The van der Waals surface area contributed by atoms with Crippen LogP contribution in [0.3, 0.4) is 0 Å². The molecule has 3 heterocycles. The SMILES string of the molecule is COC(=O)C12O[C@]3(CCC[C@@H](OCc4ccccc4)[C@H](C)Cc4ccccc4)O[C@@H](C(=O)O[C@H]1[C@H]3OCc1ccccc1)[C@@]2(O[Si](C)(C)C(C)(C)C)C(=O)OC. The van der Waals surface area contributed by atoms with Gasteiger partial charge in [-0.25, -0.2) is 14.4 Å². The predicted molar refractivity (Wildman–Crippen MR) is 210 cm³/mol. The van der Waals surface area contributed by atoms with Crippen LogP contribution in [0, 0.1) is 5.92 Å². The van der Waals surface area contributed by atoms with Gasteiger partial charge in [0, 0.05) is 6.42 Å². The van der Waals surface area contributed by atoms with Crippen LogP contribution in [0.4, 0.5) is 0 Å². The molecule has 0 N–H and O–H groups in total. The van der Waals surface area contributed by atoms with Crippen molar-refractivity contribution in [2.24, 2.45) is 5.92 Å². The molecule has 56 heavy (non-hydrogen) atoms. The topological polar surface area (TPSA) is 125 Å². The molecule has 3 bridgehead atoms. The van der Waals surface area contributed by atoms with Crippen molar-refractivity contribution < 1.29 is 52.0 Å². The molecule has 3 aromatic rings. The summed E-state index contributed by atoms with van der Waals surface area (Å²) in [7, 11) is -0.657. The highest BCUT2D eigenvalue weighted by Gasteiger charge is 2.90. The lowest BCUT2D eigenvalue weighted by Gasteiger charge is -2.57. The van der Waals surface area contributed by atoms with Crippen molar-refractivity contribution in [2.75, 3.05) is 14.2 Å². The van der Waals surface area contributed by atoms with Crippen LogP contribution in [0.15, 0.2) is 91.0 Å². The third kappa shape index (κ3) is 7.59. The molecule has 8 atom stereocenters. The van der Waals surface area contributed by atoms with Gasteiger partial charge in [-0.3, -0.25) is 0 Å². The Bertz CT molecular complexity index is 1820. The van der Waals surface area contributed by atoms with Crippen molar-refractivity contribution >= 4 is 26.2 Å². The average Bonchev–Trinajstić information content (AvgIpc) is 3.35.